The number of allylic oxidation sites excluding steroid dienone is 4. The third-order valence-electron chi connectivity index (χ3n) is 4.28. The van der Waals surface area contributed by atoms with E-state index >= 15 is 0 Å². The number of hydrogen-bond acceptors (Lipinski definition) is 2. The molecule has 122 valence electrons. The third kappa shape index (κ3) is 3.62. The van der Waals surface area contributed by atoms with Crippen LogP contribution in [0.4, 0.5) is 0 Å². The van der Waals surface area contributed by atoms with Crippen LogP contribution < -0.4 is 0 Å². The Bertz CT molecular complexity index is 928. The van der Waals surface area contributed by atoms with Gasteiger partial charge in [-0.05, 0) is 24.6 Å². The highest BCUT2D eigenvalue weighted by molar-refractivity contribution is 9.10. The van der Waals surface area contributed by atoms with E-state index in [2.05, 4.69) is 70.6 Å². The van der Waals surface area contributed by atoms with Crippen LogP contribution in [0.1, 0.15) is 18.0 Å². The van der Waals surface area contributed by atoms with Crippen LogP contribution in [0.25, 0.3) is 22.6 Å². The van der Waals surface area contributed by atoms with E-state index in [9.17, 15) is 0 Å². The topological polar surface area (TPSA) is 25.8 Å². The summed E-state index contributed by atoms with van der Waals surface area (Å²) in [5.74, 6) is 1.07. The minimum Gasteiger partial charge on any atom is -0.232 e. The van der Waals surface area contributed by atoms with Gasteiger partial charge in [0, 0.05) is 21.5 Å². The number of aromatic nitrogens is 2. The van der Waals surface area contributed by atoms with Crippen molar-refractivity contribution in [2.24, 2.45) is 0 Å². The van der Waals surface area contributed by atoms with Crippen LogP contribution in [0.2, 0.25) is 0 Å². The zero-order chi connectivity index (χ0) is 17.1. The molecule has 0 saturated heterocycles. The smallest absolute Gasteiger partial charge is 0.160 e. The Morgan fingerprint density at radius 2 is 1.64 bits per heavy atom. The Balaban J connectivity index is 1.84. The van der Waals surface area contributed by atoms with Crippen LogP contribution in [0.15, 0.2) is 89.4 Å². The zero-order valence-electron chi connectivity index (χ0n) is 13.6. The SMILES string of the molecule is Brc1ccc(-c2cc(C3C=CC=CC3)nc(-c3ccccc3)n2)cc1. The molecule has 0 fully saturated rings. The molecule has 3 heteroatoms. The number of benzene rings is 2. The first-order chi connectivity index (χ1) is 12.3. The molecule has 0 N–H and O–H groups in total. The molecule has 3 aromatic rings. The molecule has 0 amide bonds. The second kappa shape index (κ2) is 7.16. The Kier molecular flexibility index (Phi) is 4.57. The van der Waals surface area contributed by atoms with Gasteiger partial charge in [-0.1, -0.05) is 82.7 Å². The fourth-order valence-electron chi connectivity index (χ4n) is 2.94. The Morgan fingerprint density at radius 1 is 0.840 bits per heavy atom. The maximum absolute atomic E-state index is 4.86. The van der Waals surface area contributed by atoms with Gasteiger partial charge in [-0.2, -0.15) is 0 Å². The summed E-state index contributed by atoms with van der Waals surface area (Å²) >= 11 is 3.50. The van der Waals surface area contributed by atoms with Crippen LogP contribution in [0, 0.1) is 0 Å². The van der Waals surface area contributed by atoms with Crippen LogP contribution in [-0.2, 0) is 0 Å². The van der Waals surface area contributed by atoms with Crippen molar-refractivity contribution in [1.29, 1.82) is 0 Å². The number of rotatable bonds is 3. The molecule has 0 radical (unpaired) electrons. The van der Waals surface area contributed by atoms with Gasteiger partial charge in [-0.3, -0.25) is 0 Å². The summed E-state index contributed by atoms with van der Waals surface area (Å²) in [5, 5.41) is 0. The van der Waals surface area contributed by atoms with Crippen molar-refractivity contribution >= 4 is 15.9 Å². The predicted molar refractivity (Wildman–Crippen MR) is 106 cm³/mol. The van der Waals surface area contributed by atoms with Crippen molar-refractivity contribution in [3.63, 3.8) is 0 Å². The monoisotopic (exact) mass is 388 g/mol. The van der Waals surface area contributed by atoms with E-state index in [1.165, 1.54) is 0 Å². The standard InChI is InChI=1S/C22H17BrN2/c23-19-13-11-17(12-14-19)21-15-20(16-7-3-1-4-8-16)24-22(25-21)18-9-5-2-6-10-18/h1-7,9-16H,8H2. The van der Waals surface area contributed by atoms with Gasteiger partial charge in [0.1, 0.15) is 0 Å². The van der Waals surface area contributed by atoms with E-state index in [0.29, 0.717) is 5.92 Å². The average Bonchev–Trinajstić information content (AvgIpc) is 2.69. The highest BCUT2D eigenvalue weighted by atomic mass is 79.9. The van der Waals surface area contributed by atoms with E-state index in [1.54, 1.807) is 0 Å². The lowest BCUT2D eigenvalue weighted by Crippen LogP contribution is -2.03. The van der Waals surface area contributed by atoms with Gasteiger partial charge in [-0.15, -0.1) is 0 Å². The maximum atomic E-state index is 4.86. The molecule has 0 bridgehead atoms. The molecule has 0 spiro atoms. The summed E-state index contributed by atoms with van der Waals surface area (Å²) in [6.45, 7) is 0. The number of nitrogens with zero attached hydrogens (tertiary/aromatic N) is 2. The Morgan fingerprint density at radius 3 is 2.36 bits per heavy atom. The highest BCUT2D eigenvalue weighted by Crippen LogP contribution is 2.29. The minimum absolute atomic E-state index is 0.296. The zero-order valence-corrected chi connectivity index (χ0v) is 15.2. The molecule has 1 heterocycles. The molecule has 1 aliphatic rings. The normalized spacial score (nSPS) is 16.1. The van der Waals surface area contributed by atoms with Gasteiger partial charge < -0.3 is 0 Å². The lowest BCUT2D eigenvalue weighted by Gasteiger charge is -2.15. The first-order valence-corrected chi connectivity index (χ1v) is 9.12. The first kappa shape index (κ1) is 16.0. The summed E-state index contributed by atoms with van der Waals surface area (Å²) in [6.07, 6.45) is 9.56. The summed E-state index contributed by atoms with van der Waals surface area (Å²) < 4.78 is 1.06. The summed E-state index contributed by atoms with van der Waals surface area (Å²) in [5.41, 5.74) is 4.16. The maximum Gasteiger partial charge on any atom is 0.160 e. The van der Waals surface area contributed by atoms with Crippen molar-refractivity contribution < 1.29 is 0 Å². The van der Waals surface area contributed by atoms with Crippen molar-refractivity contribution in [2.45, 2.75) is 12.3 Å². The second-order valence-electron chi connectivity index (χ2n) is 6.03. The molecule has 25 heavy (non-hydrogen) atoms. The van der Waals surface area contributed by atoms with E-state index < -0.39 is 0 Å². The summed E-state index contributed by atoms with van der Waals surface area (Å²) in [6, 6.07) is 20.5. The third-order valence-corrected chi connectivity index (χ3v) is 4.81. The van der Waals surface area contributed by atoms with Gasteiger partial charge in [0.15, 0.2) is 5.82 Å². The van der Waals surface area contributed by atoms with Gasteiger partial charge >= 0.3 is 0 Å². The van der Waals surface area contributed by atoms with Crippen LogP contribution >= 0.6 is 15.9 Å². The molecule has 1 unspecified atom stereocenters. The fourth-order valence-corrected chi connectivity index (χ4v) is 3.21. The quantitative estimate of drug-likeness (QED) is 0.535. The van der Waals surface area contributed by atoms with Gasteiger partial charge in [-0.25, -0.2) is 9.97 Å². The Labute approximate surface area is 156 Å². The lowest BCUT2D eigenvalue weighted by molar-refractivity contribution is 0.811. The van der Waals surface area contributed by atoms with E-state index in [1.807, 2.05) is 30.3 Å². The van der Waals surface area contributed by atoms with Crippen LogP contribution in [0.5, 0.6) is 0 Å². The fraction of sp³-hybridized carbons (Fsp3) is 0.0909. The second-order valence-corrected chi connectivity index (χ2v) is 6.95. The number of halogens is 1. The lowest BCUT2D eigenvalue weighted by atomic mass is 9.95. The number of hydrogen-bond donors (Lipinski definition) is 0. The first-order valence-electron chi connectivity index (χ1n) is 8.33. The van der Waals surface area contributed by atoms with Gasteiger partial charge in [0.2, 0.25) is 0 Å². The molecule has 1 atom stereocenters. The van der Waals surface area contributed by atoms with E-state index in [-0.39, 0.29) is 0 Å². The van der Waals surface area contributed by atoms with Crippen LogP contribution in [-0.4, -0.2) is 9.97 Å². The van der Waals surface area contributed by atoms with E-state index in [4.69, 9.17) is 9.97 Å². The van der Waals surface area contributed by atoms with E-state index in [0.717, 1.165) is 39.2 Å². The molecule has 1 aromatic heterocycles. The average molecular weight is 389 g/mol. The molecule has 0 saturated carbocycles. The molecule has 2 aromatic carbocycles. The minimum atomic E-state index is 0.296. The van der Waals surface area contributed by atoms with Crippen molar-refractivity contribution in [3.8, 4) is 22.6 Å². The van der Waals surface area contributed by atoms with Crippen LogP contribution in [0.3, 0.4) is 0 Å². The molecule has 2 nitrogen and oxygen atoms in total. The molecule has 0 aliphatic heterocycles. The highest BCUT2D eigenvalue weighted by Gasteiger charge is 2.15. The van der Waals surface area contributed by atoms with Gasteiger partial charge in [0.05, 0.1) is 11.4 Å². The summed E-state index contributed by atoms with van der Waals surface area (Å²) in [4.78, 5) is 9.69. The molecular formula is C22H17BrN2. The van der Waals surface area contributed by atoms with Crippen molar-refractivity contribution in [3.05, 3.63) is 95.1 Å². The summed E-state index contributed by atoms with van der Waals surface area (Å²) in [7, 11) is 0. The van der Waals surface area contributed by atoms with Gasteiger partial charge in [0.25, 0.3) is 0 Å². The predicted octanol–water partition coefficient (Wildman–Crippen LogP) is 6.17. The van der Waals surface area contributed by atoms with Crippen molar-refractivity contribution in [2.75, 3.05) is 0 Å². The molecule has 1 aliphatic carbocycles. The van der Waals surface area contributed by atoms with Crippen molar-refractivity contribution in [1.82, 2.24) is 9.97 Å². The molecule has 4 rings (SSSR count). The largest absolute Gasteiger partial charge is 0.232 e. The Hall–Kier alpha value is -2.52. The molecular weight excluding hydrogens is 372 g/mol.